The van der Waals surface area contributed by atoms with Crippen molar-refractivity contribution in [2.24, 2.45) is 5.92 Å². The molecule has 7 heteroatoms. The highest BCUT2D eigenvalue weighted by Crippen LogP contribution is 2.50. The minimum atomic E-state index is 0.0272. The highest BCUT2D eigenvalue weighted by atomic mass is 16.7. The van der Waals surface area contributed by atoms with Gasteiger partial charge >= 0.3 is 0 Å². The van der Waals surface area contributed by atoms with E-state index in [9.17, 15) is 9.59 Å². The van der Waals surface area contributed by atoms with Gasteiger partial charge in [0.1, 0.15) is 5.75 Å². The van der Waals surface area contributed by atoms with E-state index < -0.39 is 0 Å². The topological polar surface area (TPSA) is 68.3 Å². The first-order valence-electron chi connectivity index (χ1n) is 10.7. The van der Waals surface area contributed by atoms with Crippen molar-refractivity contribution in [3.8, 4) is 17.2 Å². The van der Waals surface area contributed by atoms with Crippen molar-refractivity contribution in [2.75, 3.05) is 40.1 Å². The van der Waals surface area contributed by atoms with Crippen molar-refractivity contribution in [3.63, 3.8) is 0 Å². The Bertz CT molecular complexity index is 999. The van der Waals surface area contributed by atoms with Gasteiger partial charge in [-0.2, -0.15) is 0 Å². The Hall–Kier alpha value is -3.22. The van der Waals surface area contributed by atoms with Gasteiger partial charge in [0, 0.05) is 32.1 Å². The number of rotatable bonds is 5. The van der Waals surface area contributed by atoms with Crippen LogP contribution in [0.15, 0.2) is 42.5 Å². The molecule has 162 valence electrons. The van der Waals surface area contributed by atoms with Crippen molar-refractivity contribution < 1.29 is 23.8 Å². The number of ether oxygens (including phenoxy) is 3. The Morgan fingerprint density at radius 2 is 1.77 bits per heavy atom. The average molecular weight is 422 g/mol. The molecule has 2 heterocycles. The van der Waals surface area contributed by atoms with E-state index in [1.165, 1.54) is 0 Å². The SMILES string of the molecule is COc1cccc(CC(=O)N2CCN(C(=O)C3CC3c3ccc4c(c3)OCO4)CC2)c1. The Morgan fingerprint density at radius 3 is 2.58 bits per heavy atom. The summed E-state index contributed by atoms with van der Waals surface area (Å²) in [7, 11) is 1.62. The largest absolute Gasteiger partial charge is 0.497 e. The Kier molecular flexibility index (Phi) is 5.18. The van der Waals surface area contributed by atoms with Crippen LogP contribution in [0, 0.1) is 5.92 Å². The summed E-state index contributed by atoms with van der Waals surface area (Å²) in [6.07, 6.45) is 1.22. The first-order valence-corrected chi connectivity index (χ1v) is 10.7. The molecule has 2 aromatic carbocycles. The third-order valence-electron chi connectivity index (χ3n) is 6.37. The smallest absolute Gasteiger partial charge is 0.231 e. The molecule has 0 spiro atoms. The van der Waals surface area contributed by atoms with Crippen LogP contribution >= 0.6 is 0 Å². The van der Waals surface area contributed by atoms with E-state index >= 15 is 0 Å². The molecule has 1 aliphatic carbocycles. The number of carbonyl (C=O) groups is 2. The third-order valence-corrected chi connectivity index (χ3v) is 6.37. The van der Waals surface area contributed by atoms with E-state index in [2.05, 4.69) is 0 Å². The predicted octanol–water partition coefficient (Wildman–Crippen LogP) is 2.44. The molecule has 5 rings (SSSR count). The molecule has 31 heavy (non-hydrogen) atoms. The van der Waals surface area contributed by atoms with Gasteiger partial charge < -0.3 is 24.0 Å². The predicted molar refractivity (Wildman–Crippen MR) is 113 cm³/mol. The molecule has 1 saturated heterocycles. The second kappa shape index (κ2) is 8.13. The number of nitrogens with zero attached hydrogens (tertiary/aromatic N) is 2. The summed E-state index contributed by atoms with van der Waals surface area (Å²) >= 11 is 0. The number of hydrogen-bond donors (Lipinski definition) is 0. The summed E-state index contributed by atoms with van der Waals surface area (Å²) in [5, 5.41) is 0. The molecule has 7 nitrogen and oxygen atoms in total. The van der Waals surface area contributed by atoms with Crippen LogP contribution < -0.4 is 14.2 Å². The molecule has 2 fully saturated rings. The van der Waals surface area contributed by atoms with Crippen LogP contribution in [0.4, 0.5) is 0 Å². The first-order chi connectivity index (χ1) is 15.1. The quantitative estimate of drug-likeness (QED) is 0.741. The summed E-state index contributed by atoms with van der Waals surface area (Å²) in [5.41, 5.74) is 2.07. The monoisotopic (exact) mass is 422 g/mol. The van der Waals surface area contributed by atoms with Crippen LogP contribution in [0.25, 0.3) is 0 Å². The van der Waals surface area contributed by atoms with Crippen molar-refractivity contribution >= 4 is 11.8 Å². The van der Waals surface area contributed by atoms with Gasteiger partial charge in [0.2, 0.25) is 18.6 Å². The number of carbonyl (C=O) groups excluding carboxylic acids is 2. The van der Waals surface area contributed by atoms with E-state index in [1.54, 1.807) is 7.11 Å². The van der Waals surface area contributed by atoms with Gasteiger partial charge in [0.05, 0.1) is 13.5 Å². The Labute approximate surface area is 181 Å². The van der Waals surface area contributed by atoms with Crippen LogP contribution in [0.3, 0.4) is 0 Å². The second-order valence-electron chi connectivity index (χ2n) is 8.30. The number of amides is 2. The van der Waals surface area contributed by atoms with E-state index in [4.69, 9.17) is 14.2 Å². The third kappa shape index (κ3) is 4.04. The fourth-order valence-corrected chi connectivity index (χ4v) is 4.46. The second-order valence-corrected chi connectivity index (χ2v) is 8.30. The molecule has 3 aliphatic rings. The lowest BCUT2D eigenvalue weighted by molar-refractivity contribution is -0.140. The average Bonchev–Trinajstić information content (AvgIpc) is 3.47. The summed E-state index contributed by atoms with van der Waals surface area (Å²) in [6, 6.07) is 13.5. The molecule has 0 radical (unpaired) electrons. The van der Waals surface area contributed by atoms with E-state index in [1.807, 2.05) is 52.3 Å². The summed E-state index contributed by atoms with van der Waals surface area (Å²) in [5.74, 6) is 2.84. The molecule has 2 unspecified atom stereocenters. The zero-order chi connectivity index (χ0) is 21.4. The number of hydrogen-bond acceptors (Lipinski definition) is 5. The Morgan fingerprint density at radius 1 is 1.00 bits per heavy atom. The van der Waals surface area contributed by atoms with Gasteiger partial charge in [0.15, 0.2) is 11.5 Å². The molecular formula is C24H26N2O5. The maximum absolute atomic E-state index is 13.0. The maximum atomic E-state index is 13.0. The lowest BCUT2D eigenvalue weighted by atomic mass is 10.1. The highest BCUT2D eigenvalue weighted by Gasteiger charge is 2.46. The number of fused-ring (bicyclic) bond motifs is 1. The summed E-state index contributed by atoms with van der Waals surface area (Å²) < 4.78 is 16.1. The van der Waals surface area contributed by atoms with Crippen LogP contribution in [0.2, 0.25) is 0 Å². The molecular weight excluding hydrogens is 396 g/mol. The van der Waals surface area contributed by atoms with Gasteiger partial charge in [-0.25, -0.2) is 0 Å². The Balaban J connectivity index is 1.13. The van der Waals surface area contributed by atoms with Crippen LogP contribution in [0.1, 0.15) is 23.5 Å². The lowest BCUT2D eigenvalue weighted by Gasteiger charge is -2.35. The molecule has 0 bridgehead atoms. The first kappa shape index (κ1) is 19.7. The van der Waals surface area contributed by atoms with Gasteiger partial charge in [0.25, 0.3) is 0 Å². The minimum Gasteiger partial charge on any atom is -0.497 e. The summed E-state index contributed by atoms with van der Waals surface area (Å²) in [4.78, 5) is 29.4. The van der Waals surface area contributed by atoms with Gasteiger partial charge in [-0.15, -0.1) is 0 Å². The van der Waals surface area contributed by atoms with Crippen molar-refractivity contribution in [2.45, 2.75) is 18.8 Å². The number of methoxy groups -OCH3 is 1. The zero-order valence-corrected chi connectivity index (χ0v) is 17.6. The highest BCUT2D eigenvalue weighted by molar-refractivity contribution is 5.84. The molecule has 2 atom stereocenters. The lowest BCUT2D eigenvalue weighted by Crippen LogP contribution is -2.51. The van der Waals surface area contributed by atoms with Gasteiger partial charge in [-0.1, -0.05) is 18.2 Å². The maximum Gasteiger partial charge on any atom is 0.231 e. The van der Waals surface area contributed by atoms with Crippen molar-refractivity contribution in [3.05, 3.63) is 53.6 Å². The number of piperazine rings is 1. The number of benzene rings is 2. The van der Waals surface area contributed by atoms with Gasteiger partial charge in [-0.3, -0.25) is 9.59 Å². The van der Waals surface area contributed by atoms with Crippen LogP contribution in [-0.2, 0) is 16.0 Å². The zero-order valence-electron chi connectivity index (χ0n) is 17.6. The van der Waals surface area contributed by atoms with E-state index in [0.717, 1.165) is 34.8 Å². The molecule has 0 aromatic heterocycles. The normalized spacial score (nSPS) is 21.7. The standard InChI is InChI=1S/C24H26N2O5/c1-29-18-4-2-3-16(11-18)12-23(27)25-7-9-26(10-8-25)24(28)20-14-19(20)17-5-6-21-22(13-17)31-15-30-21/h2-6,11,13,19-20H,7-10,12,14-15H2,1H3. The minimum absolute atomic E-state index is 0.0272. The van der Waals surface area contributed by atoms with Crippen LogP contribution in [-0.4, -0.2) is 61.7 Å². The van der Waals surface area contributed by atoms with Gasteiger partial charge in [-0.05, 0) is 47.7 Å². The summed E-state index contributed by atoms with van der Waals surface area (Å²) in [6.45, 7) is 2.60. The molecule has 2 aliphatic heterocycles. The van der Waals surface area contributed by atoms with E-state index in [-0.39, 0.29) is 30.4 Å². The van der Waals surface area contributed by atoms with E-state index in [0.29, 0.717) is 32.6 Å². The molecule has 0 N–H and O–H groups in total. The van der Waals surface area contributed by atoms with Crippen molar-refractivity contribution in [1.29, 1.82) is 0 Å². The fraction of sp³-hybridized carbons (Fsp3) is 0.417. The molecule has 1 saturated carbocycles. The van der Waals surface area contributed by atoms with Crippen LogP contribution in [0.5, 0.6) is 17.2 Å². The molecule has 2 aromatic rings. The fourth-order valence-electron chi connectivity index (χ4n) is 4.46. The molecule has 2 amide bonds. The van der Waals surface area contributed by atoms with Crippen molar-refractivity contribution in [1.82, 2.24) is 9.80 Å².